The van der Waals surface area contributed by atoms with E-state index < -0.39 is 0 Å². The highest BCUT2D eigenvalue weighted by atomic mass is 19.1. The molecule has 1 fully saturated rings. The molecule has 1 aromatic heterocycles. The zero-order valence-electron chi connectivity index (χ0n) is 20.2. The summed E-state index contributed by atoms with van der Waals surface area (Å²) in [6.45, 7) is 0.228. The first-order valence-electron chi connectivity index (χ1n) is 12.2. The van der Waals surface area contributed by atoms with Gasteiger partial charge in [-0.3, -0.25) is 4.79 Å². The summed E-state index contributed by atoms with van der Waals surface area (Å²) in [6.07, 6.45) is 7.04. The van der Waals surface area contributed by atoms with Crippen LogP contribution in [0.5, 0.6) is 11.5 Å². The fourth-order valence-electron chi connectivity index (χ4n) is 4.68. The standard InChI is InChI=1S/C29H28FN3O3/c1-35-26-13-7-10-22(27(26)36-19-20-14-16-23(30)17-15-20)18-31-33-28(21-8-3-2-4-9-21)32-25-12-6-5-11-24(25)29(33)34/h5-7,10-18,21H,2-4,8-9,19H2,1H3. The van der Waals surface area contributed by atoms with Crippen LogP contribution in [0.4, 0.5) is 4.39 Å². The molecule has 0 spiro atoms. The van der Waals surface area contributed by atoms with Gasteiger partial charge in [0, 0.05) is 11.5 Å². The highest BCUT2D eigenvalue weighted by Crippen LogP contribution is 2.33. The summed E-state index contributed by atoms with van der Waals surface area (Å²) in [5.41, 5.74) is 1.99. The van der Waals surface area contributed by atoms with E-state index in [1.807, 2.05) is 30.3 Å². The molecule has 0 aliphatic heterocycles. The highest BCUT2D eigenvalue weighted by molar-refractivity contribution is 5.85. The Morgan fingerprint density at radius 2 is 1.81 bits per heavy atom. The lowest BCUT2D eigenvalue weighted by atomic mass is 9.88. The third-order valence-corrected chi connectivity index (χ3v) is 6.59. The zero-order chi connectivity index (χ0) is 24.9. The van der Waals surface area contributed by atoms with Crippen LogP contribution in [0.2, 0.25) is 0 Å². The van der Waals surface area contributed by atoms with Crippen molar-refractivity contribution >= 4 is 17.1 Å². The summed E-state index contributed by atoms with van der Waals surface area (Å²) in [6, 6.07) is 19.0. The molecule has 3 aromatic carbocycles. The zero-order valence-corrected chi connectivity index (χ0v) is 20.2. The summed E-state index contributed by atoms with van der Waals surface area (Å²) in [5.74, 6) is 1.62. The van der Waals surface area contributed by atoms with Crippen LogP contribution < -0.4 is 15.0 Å². The molecular formula is C29H28FN3O3. The van der Waals surface area contributed by atoms with Crippen LogP contribution >= 0.6 is 0 Å². The molecule has 184 valence electrons. The quantitative estimate of drug-likeness (QED) is 0.299. The maximum atomic E-state index is 13.5. The Balaban J connectivity index is 1.53. The average molecular weight is 486 g/mol. The number of halogens is 1. The maximum absolute atomic E-state index is 13.5. The molecule has 6 nitrogen and oxygen atoms in total. The molecule has 0 radical (unpaired) electrons. The summed E-state index contributed by atoms with van der Waals surface area (Å²) in [5, 5.41) is 5.17. The molecule has 1 heterocycles. The molecule has 4 aromatic rings. The Kier molecular flexibility index (Phi) is 7.07. The Labute approximate surface area is 209 Å². The molecule has 0 bridgehead atoms. The van der Waals surface area contributed by atoms with E-state index in [2.05, 4.69) is 5.10 Å². The number of para-hydroxylation sites is 2. The first-order valence-corrected chi connectivity index (χ1v) is 12.2. The largest absolute Gasteiger partial charge is 0.493 e. The summed E-state index contributed by atoms with van der Waals surface area (Å²) >= 11 is 0. The Morgan fingerprint density at radius 3 is 2.58 bits per heavy atom. The van der Waals surface area contributed by atoms with E-state index in [0.29, 0.717) is 33.8 Å². The van der Waals surface area contributed by atoms with Crippen molar-refractivity contribution in [1.82, 2.24) is 9.66 Å². The maximum Gasteiger partial charge on any atom is 0.282 e. The van der Waals surface area contributed by atoms with E-state index in [9.17, 15) is 9.18 Å². The lowest BCUT2D eigenvalue weighted by Crippen LogP contribution is -2.25. The van der Waals surface area contributed by atoms with Gasteiger partial charge in [-0.2, -0.15) is 9.78 Å². The van der Waals surface area contributed by atoms with Crippen LogP contribution in [0, 0.1) is 5.82 Å². The molecule has 1 aliphatic rings. The molecule has 0 saturated heterocycles. The summed E-state index contributed by atoms with van der Waals surface area (Å²) < 4.78 is 26.3. The molecule has 5 rings (SSSR count). The molecule has 0 N–H and O–H groups in total. The minimum Gasteiger partial charge on any atom is -0.493 e. The van der Waals surface area contributed by atoms with E-state index in [4.69, 9.17) is 14.5 Å². The minimum absolute atomic E-state index is 0.186. The molecule has 0 unspecified atom stereocenters. The third kappa shape index (κ3) is 5.00. The second-order valence-electron chi connectivity index (χ2n) is 8.98. The van der Waals surface area contributed by atoms with Crippen LogP contribution in [0.25, 0.3) is 10.9 Å². The molecule has 0 atom stereocenters. The van der Waals surface area contributed by atoms with Gasteiger partial charge in [0.1, 0.15) is 18.2 Å². The monoisotopic (exact) mass is 485 g/mol. The Morgan fingerprint density at radius 1 is 1.03 bits per heavy atom. The number of methoxy groups -OCH3 is 1. The van der Waals surface area contributed by atoms with Gasteiger partial charge >= 0.3 is 0 Å². The van der Waals surface area contributed by atoms with Gasteiger partial charge in [-0.05, 0) is 54.8 Å². The predicted octanol–water partition coefficient (Wildman–Crippen LogP) is 6.05. The van der Waals surface area contributed by atoms with Crippen molar-refractivity contribution in [1.29, 1.82) is 0 Å². The summed E-state index contributed by atoms with van der Waals surface area (Å²) in [7, 11) is 1.57. The number of hydrogen-bond acceptors (Lipinski definition) is 5. The number of benzene rings is 3. The van der Waals surface area contributed by atoms with Crippen molar-refractivity contribution in [2.45, 2.75) is 44.6 Å². The molecule has 7 heteroatoms. The van der Waals surface area contributed by atoms with Gasteiger partial charge in [-0.15, -0.1) is 0 Å². The van der Waals surface area contributed by atoms with Gasteiger partial charge in [0.25, 0.3) is 5.56 Å². The molecule has 1 saturated carbocycles. The Bertz CT molecular complexity index is 1440. The second-order valence-corrected chi connectivity index (χ2v) is 8.98. The van der Waals surface area contributed by atoms with E-state index in [1.165, 1.54) is 23.2 Å². The van der Waals surface area contributed by atoms with Crippen molar-refractivity contribution in [3.8, 4) is 11.5 Å². The van der Waals surface area contributed by atoms with Crippen molar-refractivity contribution in [2.24, 2.45) is 5.10 Å². The van der Waals surface area contributed by atoms with E-state index in [-0.39, 0.29) is 23.9 Å². The average Bonchev–Trinajstić information content (AvgIpc) is 2.92. The minimum atomic E-state index is -0.299. The number of nitrogens with zero attached hydrogens (tertiary/aromatic N) is 3. The first kappa shape index (κ1) is 23.7. The van der Waals surface area contributed by atoms with E-state index in [1.54, 1.807) is 37.6 Å². The number of ether oxygens (including phenoxy) is 2. The van der Waals surface area contributed by atoms with Crippen LogP contribution in [-0.4, -0.2) is 23.0 Å². The smallest absolute Gasteiger partial charge is 0.282 e. The summed E-state index contributed by atoms with van der Waals surface area (Å²) in [4.78, 5) is 18.4. The second kappa shape index (κ2) is 10.7. The van der Waals surface area contributed by atoms with Crippen LogP contribution in [0.1, 0.15) is 55.0 Å². The Hall–Kier alpha value is -4.00. The van der Waals surface area contributed by atoms with Crippen LogP contribution in [-0.2, 0) is 6.61 Å². The number of aromatic nitrogens is 2. The van der Waals surface area contributed by atoms with Gasteiger partial charge in [-0.1, -0.05) is 49.6 Å². The van der Waals surface area contributed by atoms with Gasteiger partial charge in [0.05, 0.1) is 24.2 Å². The SMILES string of the molecule is COc1cccc(C=Nn2c(C3CCCCC3)nc3ccccc3c2=O)c1OCc1ccc(F)cc1. The molecule has 0 amide bonds. The topological polar surface area (TPSA) is 65.7 Å². The van der Waals surface area contributed by atoms with Crippen molar-refractivity contribution in [3.05, 3.63) is 99.9 Å². The predicted molar refractivity (Wildman–Crippen MR) is 139 cm³/mol. The van der Waals surface area contributed by atoms with Gasteiger partial charge < -0.3 is 9.47 Å². The van der Waals surface area contributed by atoms with Gasteiger partial charge in [0.2, 0.25) is 0 Å². The van der Waals surface area contributed by atoms with Crippen LogP contribution in [0.15, 0.2) is 76.6 Å². The number of rotatable bonds is 7. The normalized spacial score (nSPS) is 14.4. The van der Waals surface area contributed by atoms with Crippen molar-refractivity contribution in [2.75, 3.05) is 7.11 Å². The lowest BCUT2D eigenvalue weighted by molar-refractivity contribution is 0.284. The molecule has 36 heavy (non-hydrogen) atoms. The molecular weight excluding hydrogens is 457 g/mol. The number of fused-ring (bicyclic) bond motifs is 1. The van der Waals surface area contributed by atoms with Crippen LogP contribution in [0.3, 0.4) is 0 Å². The fraction of sp³-hybridized carbons (Fsp3) is 0.276. The van der Waals surface area contributed by atoms with E-state index >= 15 is 0 Å². The van der Waals surface area contributed by atoms with Crippen molar-refractivity contribution in [3.63, 3.8) is 0 Å². The fourth-order valence-corrected chi connectivity index (χ4v) is 4.68. The van der Waals surface area contributed by atoms with Gasteiger partial charge in [0.15, 0.2) is 11.5 Å². The first-order chi connectivity index (χ1) is 17.6. The lowest BCUT2D eigenvalue weighted by Gasteiger charge is -2.22. The third-order valence-electron chi connectivity index (χ3n) is 6.59. The van der Waals surface area contributed by atoms with Crippen molar-refractivity contribution < 1.29 is 13.9 Å². The van der Waals surface area contributed by atoms with Gasteiger partial charge in [-0.25, -0.2) is 9.37 Å². The molecule has 1 aliphatic carbocycles. The number of hydrogen-bond donors (Lipinski definition) is 0. The highest BCUT2D eigenvalue weighted by Gasteiger charge is 2.22. The van der Waals surface area contributed by atoms with E-state index in [0.717, 1.165) is 31.2 Å².